The molecule has 2 aromatic heterocycles. The monoisotopic (exact) mass is 357 g/mol. The maximum Gasteiger partial charge on any atom is 0.269 e. The summed E-state index contributed by atoms with van der Waals surface area (Å²) in [6.45, 7) is 1.22. The first-order valence-electron chi connectivity index (χ1n) is 8.66. The molecule has 0 aromatic carbocycles. The fourth-order valence-electron chi connectivity index (χ4n) is 3.16. The molecule has 2 N–H and O–H groups in total. The van der Waals surface area contributed by atoms with Crippen molar-refractivity contribution in [3.05, 3.63) is 47.5 Å². The van der Waals surface area contributed by atoms with E-state index in [-0.39, 0.29) is 29.5 Å². The van der Waals surface area contributed by atoms with Crippen LogP contribution in [0.5, 0.6) is 0 Å². The van der Waals surface area contributed by atoms with Gasteiger partial charge in [-0.05, 0) is 31.0 Å². The molecule has 26 heavy (non-hydrogen) atoms. The van der Waals surface area contributed by atoms with Gasteiger partial charge in [0.1, 0.15) is 11.8 Å². The predicted molar refractivity (Wildman–Crippen MR) is 94.6 cm³/mol. The lowest BCUT2D eigenvalue weighted by atomic mass is 9.92. The van der Waals surface area contributed by atoms with E-state index < -0.39 is 0 Å². The number of nitrogens with one attached hydrogen (secondary N) is 2. The highest BCUT2D eigenvalue weighted by molar-refractivity contribution is 5.96. The standard InChI is InChI=1S/C18H23N5O3/c1-19-18(25)14-6-5-13(11-20-14)17(24)21-10-12-4-3-9-26-16(12)15-7-8-22-23(15)2/h5-8,11-12,16H,3-4,9-10H2,1-2H3,(H,19,25)(H,21,24)/t12-,16+/m0/s1. The molecule has 1 saturated heterocycles. The quantitative estimate of drug-likeness (QED) is 0.834. The van der Waals surface area contributed by atoms with Crippen molar-refractivity contribution in [2.75, 3.05) is 20.2 Å². The molecule has 3 heterocycles. The van der Waals surface area contributed by atoms with Gasteiger partial charge in [0.05, 0.1) is 11.3 Å². The van der Waals surface area contributed by atoms with Crippen molar-refractivity contribution in [2.24, 2.45) is 13.0 Å². The van der Waals surface area contributed by atoms with E-state index in [1.807, 2.05) is 17.8 Å². The Morgan fingerprint density at radius 3 is 2.81 bits per heavy atom. The molecule has 0 spiro atoms. The minimum Gasteiger partial charge on any atom is -0.372 e. The molecule has 0 bridgehead atoms. The molecule has 0 unspecified atom stereocenters. The third-order valence-electron chi connectivity index (χ3n) is 4.61. The van der Waals surface area contributed by atoms with Crippen molar-refractivity contribution in [1.82, 2.24) is 25.4 Å². The summed E-state index contributed by atoms with van der Waals surface area (Å²) in [5, 5.41) is 9.66. The summed E-state index contributed by atoms with van der Waals surface area (Å²) in [5.74, 6) is -0.313. The van der Waals surface area contributed by atoms with Gasteiger partial charge in [-0.15, -0.1) is 0 Å². The van der Waals surface area contributed by atoms with Crippen LogP contribution in [0.2, 0.25) is 0 Å². The first-order chi connectivity index (χ1) is 12.6. The van der Waals surface area contributed by atoms with Gasteiger partial charge in [0, 0.05) is 45.6 Å². The van der Waals surface area contributed by atoms with Crippen LogP contribution in [-0.4, -0.2) is 46.8 Å². The Morgan fingerprint density at radius 2 is 2.15 bits per heavy atom. The highest BCUT2D eigenvalue weighted by Gasteiger charge is 2.29. The number of amides is 2. The lowest BCUT2D eigenvalue weighted by Gasteiger charge is -2.31. The third-order valence-corrected chi connectivity index (χ3v) is 4.61. The van der Waals surface area contributed by atoms with Crippen molar-refractivity contribution < 1.29 is 14.3 Å². The van der Waals surface area contributed by atoms with Gasteiger partial charge in [-0.25, -0.2) is 0 Å². The van der Waals surface area contributed by atoms with Crippen LogP contribution in [0.4, 0.5) is 0 Å². The van der Waals surface area contributed by atoms with E-state index in [2.05, 4.69) is 20.7 Å². The van der Waals surface area contributed by atoms with Crippen LogP contribution in [-0.2, 0) is 11.8 Å². The summed E-state index contributed by atoms with van der Waals surface area (Å²) >= 11 is 0. The van der Waals surface area contributed by atoms with Gasteiger partial charge in [-0.1, -0.05) is 0 Å². The Morgan fingerprint density at radius 1 is 1.31 bits per heavy atom. The molecule has 0 radical (unpaired) electrons. The summed E-state index contributed by atoms with van der Waals surface area (Å²) in [6.07, 6.45) is 5.03. The summed E-state index contributed by atoms with van der Waals surface area (Å²) < 4.78 is 7.75. The van der Waals surface area contributed by atoms with E-state index in [1.165, 1.54) is 19.3 Å². The number of pyridine rings is 1. The average Bonchev–Trinajstić information content (AvgIpc) is 3.11. The van der Waals surface area contributed by atoms with Gasteiger partial charge in [0.15, 0.2) is 0 Å². The smallest absolute Gasteiger partial charge is 0.269 e. The molecule has 2 atom stereocenters. The van der Waals surface area contributed by atoms with E-state index in [4.69, 9.17) is 4.74 Å². The molecule has 2 aromatic rings. The van der Waals surface area contributed by atoms with E-state index >= 15 is 0 Å². The summed E-state index contributed by atoms with van der Waals surface area (Å²) in [5.41, 5.74) is 1.72. The SMILES string of the molecule is CNC(=O)c1ccc(C(=O)NC[C@@H]2CCCO[C@H]2c2ccnn2C)cn1. The van der Waals surface area contributed by atoms with Gasteiger partial charge in [0.2, 0.25) is 0 Å². The molecule has 0 aliphatic carbocycles. The Hall–Kier alpha value is -2.74. The Bertz CT molecular complexity index is 771. The molecule has 8 nitrogen and oxygen atoms in total. The van der Waals surface area contributed by atoms with Crippen molar-refractivity contribution in [3.8, 4) is 0 Å². The predicted octanol–water partition coefficient (Wildman–Crippen LogP) is 1.07. The van der Waals surface area contributed by atoms with Gasteiger partial charge < -0.3 is 15.4 Å². The summed E-state index contributed by atoms with van der Waals surface area (Å²) in [4.78, 5) is 27.9. The molecular weight excluding hydrogens is 334 g/mol. The summed E-state index contributed by atoms with van der Waals surface area (Å²) in [7, 11) is 3.43. The normalized spacial score (nSPS) is 19.8. The number of aryl methyl sites for hydroxylation is 1. The zero-order valence-corrected chi connectivity index (χ0v) is 14.9. The van der Waals surface area contributed by atoms with Crippen LogP contribution in [0.25, 0.3) is 0 Å². The van der Waals surface area contributed by atoms with Crippen LogP contribution < -0.4 is 10.6 Å². The molecule has 1 aliphatic rings. The fourth-order valence-corrected chi connectivity index (χ4v) is 3.16. The van der Waals surface area contributed by atoms with E-state index in [1.54, 1.807) is 12.3 Å². The number of aromatic nitrogens is 3. The van der Waals surface area contributed by atoms with Gasteiger partial charge in [-0.2, -0.15) is 5.10 Å². The van der Waals surface area contributed by atoms with Gasteiger partial charge >= 0.3 is 0 Å². The van der Waals surface area contributed by atoms with Crippen LogP contribution in [0, 0.1) is 5.92 Å². The average molecular weight is 357 g/mol. The van der Waals surface area contributed by atoms with Crippen molar-refractivity contribution in [1.29, 1.82) is 0 Å². The highest BCUT2D eigenvalue weighted by Crippen LogP contribution is 2.32. The first kappa shape index (κ1) is 18.1. The molecule has 0 saturated carbocycles. The second kappa shape index (κ2) is 8.09. The van der Waals surface area contributed by atoms with E-state index in [9.17, 15) is 9.59 Å². The second-order valence-corrected chi connectivity index (χ2v) is 6.29. The van der Waals surface area contributed by atoms with E-state index in [0.717, 1.165) is 18.5 Å². The Labute approximate surface area is 151 Å². The largest absolute Gasteiger partial charge is 0.372 e. The van der Waals surface area contributed by atoms with Gasteiger partial charge in [0.25, 0.3) is 11.8 Å². The minimum atomic E-state index is -0.282. The number of carbonyl (C=O) groups excluding carboxylic acids is 2. The van der Waals surface area contributed by atoms with Crippen LogP contribution in [0.3, 0.4) is 0 Å². The lowest BCUT2D eigenvalue weighted by Crippen LogP contribution is -2.35. The van der Waals surface area contributed by atoms with Crippen molar-refractivity contribution in [2.45, 2.75) is 18.9 Å². The molecule has 1 aliphatic heterocycles. The van der Waals surface area contributed by atoms with Crippen molar-refractivity contribution >= 4 is 11.8 Å². The summed E-state index contributed by atoms with van der Waals surface area (Å²) in [6, 6.07) is 5.09. The number of carbonyl (C=O) groups is 2. The topological polar surface area (TPSA) is 98.1 Å². The number of rotatable bonds is 5. The highest BCUT2D eigenvalue weighted by atomic mass is 16.5. The first-order valence-corrected chi connectivity index (χ1v) is 8.66. The zero-order chi connectivity index (χ0) is 18.5. The Kier molecular flexibility index (Phi) is 5.62. The maximum atomic E-state index is 12.4. The van der Waals surface area contributed by atoms with Crippen LogP contribution >= 0.6 is 0 Å². The van der Waals surface area contributed by atoms with Gasteiger partial charge in [-0.3, -0.25) is 19.3 Å². The fraction of sp³-hybridized carbons (Fsp3) is 0.444. The molecule has 138 valence electrons. The molecule has 3 rings (SSSR count). The third kappa shape index (κ3) is 3.91. The number of hydrogen-bond acceptors (Lipinski definition) is 5. The molecule has 2 amide bonds. The van der Waals surface area contributed by atoms with Crippen LogP contribution in [0.1, 0.15) is 45.5 Å². The van der Waals surface area contributed by atoms with Crippen LogP contribution in [0.15, 0.2) is 30.6 Å². The number of nitrogens with zero attached hydrogens (tertiary/aromatic N) is 3. The zero-order valence-electron chi connectivity index (χ0n) is 14.9. The van der Waals surface area contributed by atoms with E-state index in [0.29, 0.717) is 18.7 Å². The second-order valence-electron chi connectivity index (χ2n) is 6.29. The molecular formula is C18H23N5O3. The number of ether oxygens (including phenoxy) is 1. The maximum absolute atomic E-state index is 12.4. The molecule has 8 heteroatoms. The Balaban J connectivity index is 1.62. The molecule has 1 fully saturated rings. The minimum absolute atomic E-state index is 0.0784. The number of hydrogen-bond donors (Lipinski definition) is 2. The van der Waals surface area contributed by atoms with Crippen molar-refractivity contribution in [3.63, 3.8) is 0 Å². The lowest BCUT2D eigenvalue weighted by molar-refractivity contribution is -0.0317.